The summed E-state index contributed by atoms with van der Waals surface area (Å²) < 4.78 is 0. The second-order valence-corrected chi connectivity index (χ2v) is 6.65. The molecule has 0 heterocycles. The molecule has 0 bridgehead atoms. The van der Waals surface area contributed by atoms with Crippen molar-refractivity contribution in [3.05, 3.63) is 65.7 Å². The molecule has 0 aliphatic rings. The molecule has 2 aromatic rings. The van der Waals surface area contributed by atoms with Gasteiger partial charge in [0.05, 0.1) is 12.6 Å². The molecule has 0 spiro atoms. The van der Waals surface area contributed by atoms with Crippen molar-refractivity contribution in [3.63, 3.8) is 0 Å². The van der Waals surface area contributed by atoms with E-state index in [1.54, 1.807) is 31.2 Å². The Morgan fingerprint density at radius 2 is 1.64 bits per heavy atom. The molecule has 2 rings (SSSR count). The van der Waals surface area contributed by atoms with Gasteiger partial charge in [0.1, 0.15) is 0 Å². The van der Waals surface area contributed by atoms with E-state index in [2.05, 4.69) is 10.6 Å². The minimum Gasteiger partial charge on any atom is -0.344 e. The Morgan fingerprint density at radius 1 is 1.00 bits per heavy atom. The van der Waals surface area contributed by atoms with E-state index in [4.69, 9.17) is 0 Å². The molecule has 1 atom stereocenters. The Morgan fingerprint density at radius 3 is 2.28 bits per heavy atom. The molecule has 2 N–H and O–H groups in total. The normalized spacial score (nSPS) is 11.4. The van der Waals surface area contributed by atoms with Crippen molar-refractivity contribution in [1.82, 2.24) is 10.6 Å². The van der Waals surface area contributed by atoms with Crippen molar-refractivity contribution in [3.8, 4) is 0 Å². The van der Waals surface area contributed by atoms with E-state index in [1.165, 1.54) is 0 Å². The Balaban J connectivity index is 1.78. The van der Waals surface area contributed by atoms with Crippen LogP contribution in [0.25, 0.3) is 0 Å². The van der Waals surface area contributed by atoms with Crippen molar-refractivity contribution in [2.75, 3.05) is 6.54 Å². The van der Waals surface area contributed by atoms with Gasteiger partial charge in [-0.2, -0.15) is 0 Å². The lowest BCUT2D eigenvalue weighted by Gasteiger charge is -2.13. The summed E-state index contributed by atoms with van der Waals surface area (Å²) in [5.74, 6) is -0.738. The first-order chi connectivity index (χ1) is 12.0. The highest BCUT2D eigenvalue weighted by Gasteiger charge is 2.17. The summed E-state index contributed by atoms with van der Waals surface area (Å²) in [6.45, 7) is 3.42. The van der Waals surface area contributed by atoms with Gasteiger partial charge >= 0.3 is 0 Å². The van der Waals surface area contributed by atoms with Gasteiger partial charge in [-0.25, -0.2) is 0 Å². The Hall–Kier alpha value is -2.60. The summed E-state index contributed by atoms with van der Waals surface area (Å²) >= 11 is 1.08. The summed E-state index contributed by atoms with van der Waals surface area (Å²) in [5.41, 5.74) is 1.60. The van der Waals surface area contributed by atoms with Crippen LogP contribution in [0.5, 0.6) is 0 Å². The lowest BCUT2D eigenvalue weighted by Crippen LogP contribution is -2.43. The number of hydrogen-bond acceptors (Lipinski definition) is 4. The second-order valence-electron chi connectivity index (χ2n) is 5.57. The SMILES string of the molecule is Cc1ccc(SC(=O)[C@H](C)NC(=O)CNC(=O)c2ccccc2)cc1. The average Bonchev–Trinajstić information content (AvgIpc) is 2.62. The quantitative estimate of drug-likeness (QED) is 0.780. The highest BCUT2D eigenvalue weighted by molar-refractivity contribution is 8.13. The van der Waals surface area contributed by atoms with Crippen molar-refractivity contribution in [1.29, 1.82) is 0 Å². The van der Waals surface area contributed by atoms with Gasteiger partial charge in [-0.1, -0.05) is 35.9 Å². The molecular formula is C19H20N2O3S. The van der Waals surface area contributed by atoms with E-state index in [9.17, 15) is 14.4 Å². The highest BCUT2D eigenvalue weighted by atomic mass is 32.2. The predicted molar refractivity (Wildman–Crippen MR) is 98.4 cm³/mol. The smallest absolute Gasteiger partial charge is 0.251 e. The first kappa shape index (κ1) is 18.7. The molecule has 0 aliphatic heterocycles. The lowest BCUT2D eigenvalue weighted by atomic mass is 10.2. The number of carbonyl (C=O) groups excluding carboxylic acids is 3. The fraction of sp³-hybridized carbons (Fsp3) is 0.211. The fourth-order valence-corrected chi connectivity index (χ4v) is 2.75. The Bertz CT molecular complexity index is 745. The second kappa shape index (κ2) is 9.03. The van der Waals surface area contributed by atoms with Crippen LogP contribution in [-0.4, -0.2) is 29.5 Å². The average molecular weight is 356 g/mol. The molecule has 5 nitrogen and oxygen atoms in total. The molecule has 2 aromatic carbocycles. The number of hydrogen-bond donors (Lipinski definition) is 2. The molecule has 0 aliphatic carbocycles. The molecule has 0 fully saturated rings. The lowest BCUT2D eigenvalue weighted by molar-refractivity contribution is -0.123. The maximum absolute atomic E-state index is 12.2. The molecule has 0 unspecified atom stereocenters. The number of aryl methyl sites for hydroxylation is 1. The third kappa shape index (κ3) is 6.08. The summed E-state index contributed by atoms with van der Waals surface area (Å²) in [5, 5.41) is 4.96. The molecule has 25 heavy (non-hydrogen) atoms. The Kier molecular flexibility index (Phi) is 6.77. The fourth-order valence-electron chi connectivity index (χ4n) is 2.01. The van der Waals surface area contributed by atoms with Crippen LogP contribution in [0.15, 0.2) is 59.5 Å². The van der Waals surface area contributed by atoms with Gasteiger partial charge < -0.3 is 10.6 Å². The number of thioether (sulfide) groups is 1. The molecule has 130 valence electrons. The molecule has 0 aromatic heterocycles. The summed E-state index contributed by atoms with van der Waals surface area (Å²) in [6, 6.07) is 15.6. The van der Waals surface area contributed by atoms with E-state index in [1.807, 2.05) is 37.3 Å². The number of rotatable bonds is 6. The summed E-state index contributed by atoms with van der Waals surface area (Å²) in [7, 11) is 0. The zero-order valence-electron chi connectivity index (χ0n) is 14.1. The van der Waals surface area contributed by atoms with Crippen molar-refractivity contribution in [2.24, 2.45) is 0 Å². The van der Waals surface area contributed by atoms with Gasteiger partial charge in [0.25, 0.3) is 5.91 Å². The van der Waals surface area contributed by atoms with Gasteiger partial charge in [0, 0.05) is 10.5 Å². The van der Waals surface area contributed by atoms with Crippen molar-refractivity contribution >= 4 is 28.7 Å². The first-order valence-electron chi connectivity index (χ1n) is 7.86. The van der Waals surface area contributed by atoms with E-state index in [0.717, 1.165) is 22.2 Å². The van der Waals surface area contributed by atoms with E-state index >= 15 is 0 Å². The van der Waals surface area contributed by atoms with Gasteiger partial charge in [0.15, 0.2) is 0 Å². The predicted octanol–water partition coefficient (Wildman–Crippen LogP) is 2.55. The van der Waals surface area contributed by atoms with Crippen LogP contribution in [0, 0.1) is 6.92 Å². The van der Waals surface area contributed by atoms with Crippen LogP contribution in [0.1, 0.15) is 22.8 Å². The molecule has 0 saturated heterocycles. The minimum absolute atomic E-state index is 0.161. The first-order valence-corrected chi connectivity index (χ1v) is 8.68. The van der Waals surface area contributed by atoms with Gasteiger partial charge in [0.2, 0.25) is 11.0 Å². The van der Waals surface area contributed by atoms with Crippen molar-refractivity contribution in [2.45, 2.75) is 24.8 Å². The molecule has 6 heteroatoms. The number of amides is 2. The van der Waals surface area contributed by atoms with Crippen LogP contribution in [0.4, 0.5) is 0 Å². The van der Waals surface area contributed by atoms with E-state index < -0.39 is 11.9 Å². The van der Waals surface area contributed by atoms with Crippen LogP contribution in [0.3, 0.4) is 0 Å². The molecule has 0 radical (unpaired) electrons. The van der Waals surface area contributed by atoms with Crippen LogP contribution >= 0.6 is 11.8 Å². The number of nitrogens with one attached hydrogen (secondary N) is 2. The highest BCUT2D eigenvalue weighted by Crippen LogP contribution is 2.20. The van der Waals surface area contributed by atoms with Crippen molar-refractivity contribution < 1.29 is 14.4 Å². The maximum atomic E-state index is 12.2. The van der Waals surface area contributed by atoms with Gasteiger partial charge in [-0.05, 0) is 49.9 Å². The minimum atomic E-state index is -0.646. The van der Waals surface area contributed by atoms with Gasteiger partial charge in [-0.15, -0.1) is 0 Å². The summed E-state index contributed by atoms with van der Waals surface area (Å²) in [4.78, 5) is 36.8. The number of carbonyl (C=O) groups is 3. The largest absolute Gasteiger partial charge is 0.344 e. The molecule has 2 amide bonds. The van der Waals surface area contributed by atoms with Crippen LogP contribution in [0.2, 0.25) is 0 Å². The van der Waals surface area contributed by atoms with Crippen LogP contribution in [-0.2, 0) is 9.59 Å². The van der Waals surface area contributed by atoms with Crippen LogP contribution < -0.4 is 10.6 Å². The zero-order chi connectivity index (χ0) is 18.2. The van der Waals surface area contributed by atoms with E-state index in [0.29, 0.717) is 5.56 Å². The third-order valence-electron chi connectivity index (χ3n) is 3.42. The maximum Gasteiger partial charge on any atom is 0.251 e. The Labute approximate surface area is 151 Å². The number of benzene rings is 2. The van der Waals surface area contributed by atoms with Gasteiger partial charge in [-0.3, -0.25) is 14.4 Å². The monoisotopic (exact) mass is 356 g/mol. The standard InChI is InChI=1S/C19H20N2O3S/c1-13-8-10-16(11-9-13)25-19(24)14(2)21-17(22)12-20-18(23)15-6-4-3-5-7-15/h3-11,14H,12H2,1-2H3,(H,20,23)(H,21,22)/t14-/m0/s1. The zero-order valence-corrected chi connectivity index (χ0v) is 14.9. The topological polar surface area (TPSA) is 75.3 Å². The third-order valence-corrected chi connectivity index (χ3v) is 4.48. The summed E-state index contributed by atoms with van der Waals surface area (Å²) in [6.07, 6.45) is 0. The van der Waals surface area contributed by atoms with E-state index in [-0.39, 0.29) is 17.6 Å². The molecular weight excluding hydrogens is 336 g/mol. The molecule has 0 saturated carbocycles.